The Kier molecular flexibility index (Phi) is 5.76. The first kappa shape index (κ1) is 16.7. The fourth-order valence-electron chi connectivity index (χ4n) is 2.15. The minimum atomic E-state index is -0.885. The van der Waals surface area contributed by atoms with Gasteiger partial charge >= 0.3 is 12.1 Å². The first-order valence-corrected chi connectivity index (χ1v) is 6.56. The van der Waals surface area contributed by atoms with Crippen molar-refractivity contribution in [2.24, 2.45) is 5.92 Å². The van der Waals surface area contributed by atoms with Gasteiger partial charge in [0, 0.05) is 7.11 Å². The number of nitrogens with one attached hydrogen (secondary N) is 1. The molecule has 0 bridgehead atoms. The summed E-state index contributed by atoms with van der Waals surface area (Å²) in [4.78, 5) is 22.8. The lowest BCUT2D eigenvalue weighted by molar-refractivity contribution is -0.142. The molecule has 1 fully saturated rings. The molecule has 1 aliphatic rings. The van der Waals surface area contributed by atoms with E-state index in [2.05, 4.69) is 5.32 Å². The second kappa shape index (κ2) is 6.90. The maximum absolute atomic E-state index is 11.7. The summed E-state index contributed by atoms with van der Waals surface area (Å²) in [5.74, 6) is -1.42. The quantitative estimate of drug-likeness (QED) is 0.742. The standard InChI is InChI=1S/C13H23NO6/c1-13(2,3)20-12(17)14-9-5-8(11(15)16)6-10(9)19-7-18-4/h8-10H,5-7H2,1-4H3,(H,14,17)(H,15,16)/t8-,9+,10+/m1/s1. The number of rotatable bonds is 5. The van der Waals surface area contributed by atoms with E-state index in [4.69, 9.17) is 19.3 Å². The van der Waals surface area contributed by atoms with Gasteiger partial charge in [-0.25, -0.2) is 4.79 Å². The van der Waals surface area contributed by atoms with Crippen LogP contribution in [0.4, 0.5) is 4.79 Å². The summed E-state index contributed by atoms with van der Waals surface area (Å²) in [6, 6.07) is -0.388. The molecule has 3 atom stereocenters. The average molecular weight is 289 g/mol. The molecule has 1 rings (SSSR count). The van der Waals surface area contributed by atoms with Crippen molar-refractivity contribution in [2.45, 2.75) is 51.4 Å². The smallest absolute Gasteiger partial charge is 0.407 e. The minimum absolute atomic E-state index is 0.0590. The van der Waals surface area contributed by atoms with E-state index in [-0.39, 0.29) is 18.9 Å². The summed E-state index contributed by atoms with van der Waals surface area (Å²) in [5.41, 5.74) is -0.599. The van der Waals surface area contributed by atoms with Crippen molar-refractivity contribution in [3.8, 4) is 0 Å². The highest BCUT2D eigenvalue weighted by atomic mass is 16.7. The zero-order valence-electron chi connectivity index (χ0n) is 12.3. The number of carbonyl (C=O) groups is 2. The van der Waals surface area contributed by atoms with E-state index in [0.29, 0.717) is 12.8 Å². The van der Waals surface area contributed by atoms with Gasteiger partial charge in [0.2, 0.25) is 0 Å². The number of hydrogen-bond acceptors (Lipinski definition) is 5. The number of alkyl carbamates (subject to hydrolysis) is 1. The van der Waals surface area contributed by atoms with Gasteiger partial charge in [-0.3, -0.25) is 4.79 Å². The highest BCUT2D eigenvalue weighted by molar-refractivity contribution is 5.72. The molecule has 2 N–H and O–H groups in total. The molecule has 0 aromatic carbocycles. The molecule has 1 saturated carbocycles. The molecule has 0 spiro atoms. The van der Waals surface area contributed by atoms with Crippen molar-refractivity contribution in [1.29, 1.82) is 0 Å². The van der Waals surface area contributed by atoms with Crippen molar-refractivity contribution >= 4 is 12.1 Å². The molecule has 0 unspecified atom stereocenters. The summed E-state index contributed by atoms with van der Waals surface area (Å²) in [6.45, 7) is 5.35. The van der Waals surface area contributed by atoms with Crippen LogP contribution < -0.4 is 5.32 Å². The molecule has 0 aromatic heterocycles. The Morgan fingerprint density at radius 3 is 2.45 bits per heavy atom. The Morgan fingerprint density at radius 1 is 1.30 bits per heavy atom. The SMILES string of the molecule is COCO[C@H]1C[C@H](C(=O)O)C[C@@H]1NC(=O)OC(C)(C)C. The maximum Gasteiger partial charge on any atom is 0.407 e. The van der Waals surface area contributed by atoms with Crippen LogP contribution in [0.25, 0.3) is 0 Å². The third-order valence-electron chi connectivity index (χ3n) is 2.96. The Hall–Kier alpha value is -1.34. The molecule has 0 saturated heterocycles. The van der Waals surface area contributed by atoms with Gasteiger partial charge in [0.15, 0.2) is 0 Å². The number of hydrogen-bond donors (Lipinski definition) is 2. The van der Waals surface area contributed by atoms with Crippen LogP contribution in [-0.2, 0) is 19.0 Å². The maximum atomic E-state index is 11.7. The molecular weight excluding hydrogens is 266 g/mol. The van der Waals surface area contributed by atoms with E-state index in [0.717, 1.165) is 0 Å². The monoisotopic (exact) mass is 289 g/mol. The number of ether oxygens (including phenoxy) is 3. The summed E-state index contributed by atoms with van der Waals surface area (Å²) in [5, 5.41) is 11.7. The van der Waals surface area contributed by atoms with Crippen LogP contribution in [0.1, 0.15) is 33.6 Å². The normalized spacial score (nSPS) is 26.3. The van der Waals surface area contributed by atoms with Crippen molar-refractivity contribution in [2.75, 3.05) is 13.9 Å². The number of carboxylic acid groups (broad SMARTS) is 1. The third-order valence-corrected chi connectivity index (χ3v) is 2.96. The van der Waals surface area contributed by atoms with Crippen LogP contribution in [0.5, 0.6) is 0 Å². The molecular formula is C13H23NO6. The number of amides is 1. The van der Waals surface area contributed by atoms with Gasteiger partial charge in [0.1, 0.15) is 12.4 Å². The van der Waals surface area contributed by atoms with Crippen molar-refractivity contribution in [3.05, 3.63) is 0 Å². The van der Waals surface area contributed by atoms with E-state index < -0.39 is 23.6 Å². The Morgan fingerprint density at radius 2 is 1.95 bits per heavy atom. The lowest BCUT2D eigenvalue weighted by Crippen LogP contribution is -2.43. The summed E-state index contributed by atoms with van der Waals surface area (Å²) in [6.07, 6.45) is -0.287. The van der Waals surface area contributed by atoms with E-state index in [1.165, 1.54) is 7.11 Å². The van der Waals surface area contributed by atoms with Crippen LogP contribution in [-0.4, -0.2) is 48.8 Å². The lowest BCUT2D eigenvalue weighted by Gasteiger charge is -2.24. The molecule has 7 heteroatoms. The third kappa shape index (κ3) is 5.34. The zero-order valence-corrected chi connectivity index (χ0v) is 12.3. The topological polar surface area (TPSA) is 94.1 Å². The van der Waals surface area contributed by atoms with Gasteiger partial charge in [-0.1, -0.05) is 0 Å². The summed E-state index contributed by atoms with van der Waals surface area (Å²) < 4.78 is 15.4. The van der Waals surface area contributed by atoms with Crippen LogP contribution in [0.2, 0.25) is 0 Å². The highest BCUT2D eigenvalue weighted by Crippen LogP contribution is 2.29. The average Bonchev–Trinajstić information content (AvgIpc) is 2.67. The van der Waals surface area contributed by atoms with Gasteiger partial charge in [-0.15, -0.1) is 0 Å². The number of methoxy groups -OCH3 is 1. The molecule has 1 aliphatic carbocycles. The second-order valence-corrected chi connectivity index (χ2v) is 5.87. The molecule has 1 amide bonds. The van der Waals surface area contributed by atoms with Crippen molar-refractivity contribution < 1.29 is 28.9 Å². The van der Waals surface area contributed by atoms with E-state index in [9.17, 15) is 9.59 Å². The number of carboxylic acids is 1. The van der Waals surface area contributed by atoms with Crippen LogP contribution >= 0.6 is 0 Å². The van der Waals surface area contributed by atoms with E-state index >= 15 is 0 Å². The predicted octanol–water partition coefficient (Wildman–Crippen LogP) is 1.36. The molecule has 7 nitrogen and oxygen atoms in total. The lowest BCUT2D eigenvalue weighted by atomic mass is 10.1. The molecule has 20 heavy (non-hydrogen) atoms. The second-order valence-electron chi connectivity index (χ2n) is 5.87. The van der Waals surface area contributed by atoms with Crippen molar-refractivity contribution in [1.82, 2.24) is 5.32 Å². The van der Waals surface area contributed by atoms with Crippen LogP contribution in [0.15, 0.2) is 0 Å². The molecule has 0 aliphatic heterocycles. The first-order valence-electron chi connectivity index (χ1n) is 6.56. The largest absolute Gasteiger partial charge is 0.481 e. The van der Waals surface area contributed by atoms with Crippen LogP contribution in [0, 0.1) is 5.92 Å². The number of carbonyl (C=O) groups excluding carboxylic acids is 1. The summed E-state index contributed by atoms with van der Waals surface area (Å²) in [7, 11) is 1.49. The van der Waals surface area contributed by atoms with Crippen LogP contribution in [0.3, 0.4) is 0 Å². The predicted molar refractivity (Wildman–Crippen MR) is 70.3 cm³/mol. The summed E-state index contributed by atoms with van der Waals surface area (Å²) >= 11 is 0. The molecule has 116 valence electrons. The van der Waals surface area contributed by atoms with Gasteiger partial charge in [-0.05, 0) is 33.6 Å². The number of aliphatic carboxylic acids is 1. The molecule has 0 aromatic rings. The van der Waals surface area contributed by atoms with E-state index in [1.54, 1.807) is 20.8 Å². The Balaban J connectivity index is 2.59. The fraction of sp³-hybridized carbons (Fsp3) is 0.846. The van der Waals surface area contributed by atoms with Gasteiger partial charge in [0.05, 0.1) is 18.1 Å². The van der Waals surface area contributed by atoms with Crippen molar-refractivity contribution in [3.63, 3.8) is 0 Å². The fourth-order valence-corrected chi connectivity index (χ4v) is 2.15. The van der Waals surface area contributed by atoms with Gasteiger partial charge in [-0.2, -0.15) is 0 Å². The van der Waals surface area contributed by atoms with Gasteiger partial charge < -0.3 is 24.6 Å². The minimum Gasteiger partial charge on any atom is -0.481 e. The molecule has 0 radical (unpaired) electrons. The Labute approximate surface area is 118 Å². The van der Waals surface area contributed by atoms with Gasteiger partial charge in [0.25, 0.3) is 0 Å². The molecule has 0 heterocycles. The highest BCUT2D eigenvalue weighted by Gasteiger charge is 2.40. The van der Waals surface area contributed by atoms with E-state index in [1.807, 2.05) is 0 Å². The zero-order chi connectivity index (χ0) is 15.3. The Bertz CT molecular complexity index is 351. The first-order chi connectivity index (χ1) is 9.23.